The summed E-state index contributed by atoms with van der Waals surface area (Å²) in [5, 5.41) is 8.52. The number of rotatable bonds is 4. The molecule has 96 valence electrons. The van der Waals surface area contributed by atoms with Crippen LogP contribution in [0.2, 0.25) is 5.02 Å². The third-order valence-electron chi connectivity index (χ3n) is 2.66. The maximum absolute atomic E-state index is 6.28. The van der Waals surface area contributed by atoms with Crippen molar-refractivity contribution in [3.05, 3.63) is 39.5 Å². The fourth-order valence-electron chi connectivity index (χ4n) is 1.83. The van der Waals surface area contributed by atoms with Crippen LogP contribution in [0.3, 0.4) is 0 Å². The Morgan fingerprint density at radius 2 is 2.22 bits per heavy atom. The molecule has 0 aliphatic rings. The van der Waals surface area contributed by atoms with Crippen LogP contribution < -0.4 is 5.32 Å². The predicted molar refractivity (Wildman–Crippen MR) is 78.7 cm³/mol. The van der Waals surface area contributed by atoms with Crippen LogP contribution in [-0.4, -0.2) is 16.3 Å². The molecule has 0 spiro atoms. The Morgan fingerprint density at radius 1 is 1.44 bits per heavy atom. The van der Waals surface area contributed by atoms with Gasteiger partial charge in [0.25, 0.3) is 0 Å². The van der Waals surface area contributed by atoms with Crippen LogP contribution in [0, 0.1) is 0 Å². The highest BCUT2D eigenvalue weighted by Crippen LogP contribution is 2.31. The van der Waals surface area contributed by atoms with Crippen molar-refractivity contribution >= 4 is 27.5 Å². The van der Waals surface area contributed by atoms with Gasteiger partial charge in [-0.1, -0.05) is 40.5 Å². The highest BCUT2D eigenvalue weighted by Gasteiger charge is 2.12. The molecule has 3 nitrogen and oxygen atoms in total. The molecule has 1 aromatic carbocycles. The smallest absolute Gasteiger partial charge is 0.0982 e. The van der Waals surface area contributed by atoms with Gasteiger partial charge in [-0.3, -0.25) is 4.68 Å². The summed E-state index contributed by atoms with van der Waals surface area (Å²) in [6.07, 6.45) is 2.02. The van der Waals surface area contributed by atoms with Gasteiger partial charge in [-0.15, -0.1) is 0 Å². The highest BCUT2D eigenvalue weighted by atomic mass is 79.9. The Kier molecular flexibility index (Phi) is 4.43. The van der Waals surface area contributed by atoms with Gasteiger partial charge < -0.3 is 5.32 Å². The lowest BCUT2D eigenvalue weighted by Crippen LogP contribution is -2.11. The lowest BCUT2D eigenvalue weighted by Gasteiger charge is -2.05. The molecule has 0 saturated heterocycles. The molecule has 2 rings (SSSR count). The first-order valence-electron chi connectivity index (χ1n) is 5.80. The molecule has 0 amide bonds. The van der Waals surface area contributed by atoms with E-state index < -0.39 is 0 Å². The number of hydrogen-bond acceptors (Lipinski definition) is 2. The number of nitrogens with one attached hydrogen (secondary N) is 1. The molecule has 1 heterocycles. The first-order valence-corrected chi connectivity index (χ1v) is 6.97. The van der Waals surface area contributed by atoms with E-state index in [4.69, 9.17) is 11.6 Å². The lowest BCUT2D eigenvalue weighted by molar-refractivity contribution is 0.724. The second kappa shape index (κ2) is 5.87. The van der Waals surface area contributed by atoms with E-state index in [1.54, 1.807) is 0 Å². The summed E-state index contributed by atoms with van der Waals surface area (Å²) in [5.74, 6) is 0. The van der Waals surface area contributed by atoms with Gasteiger partial charge >= 0.3 is 0 Å². The zero-order chi connectivity index (χ0) is 13.1. The molecule has 0 unspecified atom stereocenters. The van der Waals surface area contributed by atoms with Crippen LogP contribution in [0.25, 0.3) is 11.3 Å². The molecular formula is C13H15BrClN3. The van der Waals surface area contributed by atoms with Crippen molar-refractivity contribution in [2.45, 2.75) is 13.5 Å². The van der Waals surface area contributed by atoms with Crippen molar-refractivity contribution in [3.63, 3.8) is 0 Å². The summed E-state index contributed by atoms with van der Waals surface area (Å²) in [6.45, 7) is 3.82. The van der Waals surface area contributed by atoms with Gasteiger partial charge in [-0.05, 0) is 18.7 Å². The van der Waals surface area contributed by atoms with Crippen molar-refractivity contribution in [2.75, 3.05) is 6.54 Å². The van der Waals surface area contributed by atoms with Crippen molar-refractivity contribution < 1.29 is 0 Å². The van der Waals surface area contributed by atoms with E-state index in [-0.39, 0.29) is 0 Å². The number of benzene rings is 1. The summed E-state index contributed by atoms with van der Waals surface area (Å²) in [5.41, 5.74) is 3.06. The van der Waals surface area contributed by atoms with E-state index >= 15 is 0 Å². The average Bonchev–Trinajstić information content (AvgIpc) is 2.67. The molecule has 1 N–H and O–H groups in total. The molecule has 1 aromatic heterocycles. The van der Waals surface area contributed by atoms with Gasteiger partial charge in [0.2, 0.25) is 0 Å². The number of halogens is 2. The molecule has 18 heavy (non-hydrogen) atoms. The third kappa shape index (κ3) is 2.94. The van der Waals surface area contributed by atoms with E-state index in [1.807, 2.05) is 36.1 Å². The summed E-state index contributed by atoms with van der Waals surface area (Å²) in [7, 11) is 1.92. The summed E-state index contributed by atoms with van der Waals surface area (Å²) >= 11 is 9.69. The van der Waals surface area contributed by atoms with E-state index in [1.165, 1.54) is 0 Å². The lowest BCUT2D eigenvalue weighted by atomic mass is 10.1. The van der Waals surface area contributed by atoms with Crippen molar-refractivity contribution in [1.29, 1.82) is 0 Å². The minimum Gasteiger partial charge on any atom is -0.313 e. The van der Waals surface area contributed by atoms with Gasteiger partial charge in [0.1, 0.15) is 0 Å². The summed E-state index contributed by atoms with van der Waals surface area (Å²) in [4.78, 5) is 0. The molecule has 0 bridgehead atoms. The minimum atomic E-state index is 0.709. The Balaban J connectivity index is 2.42. The maximum atomic E-state index is 6.28. The number of hydrogen-bond donors (Lipinski definition) is 1. The van der Waals surface area contributed by atoms with Crippen molar-refractivity contribution in [3.8, 4) is 11.3 Å². The van der Waals surface area contributed by atoms with Crippen molar-refractivity contribution in [2.24, 2.45) is 7.05 Å². The van der Waals surface area contributed by atoms with E-state index in [0.717, 1.165) is 34.4 Å². The second-order valence-corrected chi connectivity index (χ2v) is 5.40. The number of aromatic nitrogens is 2. The second-order valence-electron chi connectivity index (χ2n) is 4.08. The molecule has 0 saturated carbocycles. The van der Waals surface area contributed by atoms with Crippen LogP contribution in [0.15, 0.2) is 28.9 Å². The fourth-order valence-corrected chi connectivity index (χ4v) is 2.60. The molecule has 0 fully saturated rings. The Labute approximate surface area is 120 Å². The molecular weight excluding hydrogens is 314 g/mol. The first kappa shape index (κ1) is 13.6. The zero-order valence-electron chi connectivity index (χ0n) is 10.4. The Morgan fingerprint density at radius 3 is 2.89 bits per heavy atom. The van der Waals surface area contributed by atoms with Crippen molar-refractivity contribution in [1.82, 2.24) is 15.1 Å². The predicted octanol–water partition coefficient (Wildman–Crippen LogP) is 3.61. The Hall–Kier alpha value is -0.840. The normalized spacial score (nSPS) is 10.9. The SMILES string of the molecule is CCNCc1cn(C)nc1-c1ccc(Br)cc1Cl. The fraction of sp³-hybridized carbons (Fsp3) is 0.308. The minimum absolute atomic E-state index is 0.709. The topological polar surface area (TPSA) is 29.9 Å². The van der Waals surface area contributed by atoms with E-state index in [9.17, 15) is 0 Å². The molecule has 2 aromatic rings. The molecule has 0 aliphatic heterocycles. The Bertz CT molecular complexity index is 551. The van der Waals surface area contributed by atoms with Gasteiger partial charge in [0, 0.05) is 35.4 Å². The highest BCUT2D eigenvalue weighted by molar-refractivity contribution is 9.10. The van der Waals surface area contributed by atoms with Crippen LogP contribution in [0.5, 0.6) is 0 Å². The number of nitrogens with zero attached hydrogens (tertiary/aromatic N) is 2. The molecule has 0 aliphatic carbocycles. The third-order valence-corrected chi connectivity index (χ3v) is 3.46. The average molecular weight is 329 g/mol. The quantitative estimate of drug-likeness (QED) is 0.929. The van der Waals surface area contributed by atoms with Crippen LogP contribution in [0.1, 0.15) is 12.5 Å². The van der Waals surface area contributed by atoms with Crippen LogP contribution in [-0.2, 0) is 13.6 Å². The molecule has 0 atom stereocenters. The zero-order valence-corrected chi connectivity index (χ0v) is 12.7. The summed E-state index contributed by atoms with van der Waals surface area (Å²) in [6, 6.07) is 5.86. The van der Waals surface area contributed by atoms with Gasteiger partial charge in [0.05, 0.1) is 10.7 Å². The first-order chi connectivity index (χ1) is 8.61. The van der Waals surface area contributed by atoms with Gasteiger partial charge in [0.15, 0.2) is 0 Å². The standard InChI is InChI=1S/C13H15BrClN3/c1-3-16-7-9-8-18(2)17-13(9)11-5-4-10(14)6-12(11)15/h4-6,8,16H,3,7H2,1-2H3. The number of aryl methyl sites for hydroxylation is 1. The summed E-state index contributed by atoms with van der Waals surface area (Å²) < 4.78 is 2.79. The maximum Gasteiger partial charge on any atom is 0.0982 e. The molecule has 0 radical (unpaired) electrons. The van der Waals surface area contributed by atoms with Gasteiger partial charge in [-0.25, -0.2) is 0 Å². The largest absolute Gasteiger partial charge is 0.313 e. The monoisotopic (exact) mass is 327 g/mol. The van der Waals surface area contributed by atoms with Crippen LogP contribution in [0.4, 0.5) is 0 Å². The van der Waals surface area contributed by atoms with E-state index in [0.29, 0.717) is 5.02 Å². The molecule has 5 heteroatoms. The van der Waals surface area contributed by atoms with Gasteiger partial charge in [-0.2, -0.15) is 5.10 Å². The van der Waals surface area contributed by atoms with Crippen LogP contribution >= 0.6 is 27.5 Å². The van der Waals surface area contributed by atoms with E-state index in [2.05, 4.69) is 33.3 Å².